The highest BCUT2D eigenvalue weighted by Gasteiger charge is 2.13. The molecule has 4 heteroatoms. The van der Waals surface area contributed by atoms with Crippen molar-refractivity contribution in [2.45, 2.75) is 13.0 Å². The van der Waals surface area contributed by atoms with Crippen LogP contribution in [0.1, 0.15) is 11.1 Å². The van der Waals surface area contributed by atoms with E-state index >= 15 is 0 Å². The number of nitrogens with zero attached hydrogens (tertiary/aromatic N) is 1. The van der Waals surface area contributed by atoms with Gasteiger partial charge in [0.25, 0.3) is 0 Å². The van der Waals surface area contributed by atoms with Gasteiger partial charge in [-0.25, -0.2) is 4.39 Å². The molecule has 2 aromatic carbocycles. The number of nitrogens with two attached hydrogens (primary N) is 1. The molecule has 0 aliphatic carbocycles. The Labute approximate surface area is 124 Å². The van der Waals surface area contributed by atoms with E-state index in [1.807, 2.05) is 42.3 Å². The van der Waals surface area contributed by atoms with E-state index in [0.717, 1.165) is 11.1 Å². The fraction of sp³-hybridized carbons (Fsp3) is 0.250. The lowest BCUT2D eigenvalue weighted by Crippen LogP contribution is -2.20. The van der Waals surface area contributed by atoms with E-state index in [2.05, 4.69) is 0 Å². The molecular weight excluding hydrogens is 275 g/mol. The zero-order valence-electron chi connectivity index (χ0n) is 11.4. The zero-order chi connectivity index (χ0) is 14.5. The van der Waals surface area contributed by atoms with Crippen LogP contribution in [0, 0.1) is 5.82 Å². The highest BCUT2D eigenvalue weighted by molar-refractivity contribution is 6.30. The fourth-order valence-corrected chi connectivity index (χ4v) is 2.55. The molecule has 0 unspecified atom stereocenters. The molecule has 2 N–H and O–H groups in total. The van der Waals surface area contributed by atoms with Crippen molar-refractivity contribution in [1.29, 1.82) is 0 Å². The van der Waals surface area contributed by atoms with E-state index in [-0.39, 0.29) is 5.82 Å². The molecule has 2 aromatic rings. The van der Waals surface area contributed by atoms with Gasteiger partial charge in [-0.2, -0.15) is 0 Å². The summed E-state index contributed by atoms with van der Waals surface area (Å²) in [6.07, 6.45) is 0.660. The molecule has 2 nitrogen and oxygen atoms in total. The van der Waals surface area contributed by atoms with Gasteiger partial charge in [0.15, 0.2) is 0 Å². The molecule has 0 atom stereocenters. The Morgan fingerprint density at radius 2 is 1.95 bits per heavy atom. The molecule has 0 fully saturated rings. The Bertz CT molecular complexity index is 586. The van der Waals surface area contributed by atoms with Gasteiger partial charge in [-0.1, -0.05) is 35.9 Å². The van der Waals surface area contributed by atoms with Crippen molar-refractivity contribution in [1.82, 2.24) is 0 Å². The Balaban J connectivity index is 2.26. The maximum Gasteiger partial charge on any atom is 0.146 e. The third kappa shape index (κ3) is 3.50. The molecule has 2 rings (SSSR count). The lowest BCUT2D eigenvalue weighted by atomic mass is 10.1. The molecule has 0 saturated carbocycles. The molecule has 0 aliphatic rings. The summed E-state index contributed by atoms with van der Waals surface area (Å²) in [4.78, 5) is 1.89. The standard InChI is InChI=1S/C16H18ClFN2/c1-20(11-12-4-2-6-14(17)10-12)16-13(8-9-19)5-3-7-15(16)18/h2-7,10H,8-9,11,19H2,1H3. The number of anilines is 1. The highest BCUT2D eigenvalue weighted by Crippen LogP contribution is 2.25. The number of benzene rings is 2. The number of hydrogen-bond donors (Lipinski definition) is 1. The third-order valence-electron chi connectivity index (χ3n) is 3.17. The average molecular weight is 293 g/mol. The Kier molecular flexibility index (Phi) is 4.99. The van der Waals surface area contributed by atoms with Crippen molar-refractivity contribution in [3.63, 3.8) is 0 Å². The van der Waals surface area contributed by atoms with Gasteiger partial charge < -0.3 is 10.6 Å². The number of hydrogen-bond acceptors (Lipinski definition) is 2. The van der Waals surface area contributed by atoms with Gasteiger partial charge in [0.1, 0.15) is 5.82 Å². The zero-order valence-corrected chi connectivity index (χ0v) is 12.2. The number of para-hydroxylation sites is 1. The summed E-state index contributed by atoms with van der Waals surface area (Å²) in [5.41, 5.74) is 8.17. The predicted octanol–water partition coefficient (Wildman–Crippen LogP) is 3.62. The minimum Gasteiger partial charge on any atom is -0.368 e. The summed E-state index contributed by atoms with van der Waals surface area (Å²) in [5, 5.41) is 0.687. The smallest absolute Gasteiger partial charge is 0.146 e. The van der Waals surface area contributed by atoms with Gasteiger partial charge in [-0.15, -0.1) is 0 Å². The fourth-order valence-electron chi connectivity index (χ4n) is 2.33. The normalized spacial score (nSPS) is 10.6. The predicted molar refractivity (Wildman–Crippen MR) is 82.7 cm³/mol. The van der Waals surface area contributed by atoms with Crippen molar-refractivity contribution >= 4 is 17.3 Å². The second-order valence-electron chi connectivity index (χ2n) is 4.77. The summed E-state index contributed by atoms with van der Waals surface area (Å²) in [7, 11) is 1.87. The topological polar surface area (TPSA) is 29.3 Å². The molecule has 0 aromatic heterocycles. The lowest BCUT2D eigenvalue weighted by molar-refractivity contribution is 0.619. The molecule has 0 radical (unpaired) electrons. The van der Waals surface area contributed by atoms with Gasteiger partial charge in [0.2, 0.25) is 0 Å². The molecule has 0 heterocycles. The van der Waals surface area contributed by atoms with E-state index in [0.29, 0.717) is 30.2 Å². The van der Waals surface area contributed by atoms with E-state index in [1.54, 1.807) is 6.07 Å². The second kappa shape index (κ2) is 6.73. The van der Waals surface area contributed by atoms with Crippen LogP contribution in [0.5, 0.6) is 0 Å². The van der Waals surface area contributed by atoms with Crippen LogP contribution in [0.2, 0.25) is 5.02 Å². The SMILES string of the molecule is CN(Cc1cccc(Cl)c1)c1c(F)cccc1CCN. The summed E-state index contributed by atoms with van der Waals surface area (Å²) in [5.74, 6) is -0.222. The van der Waals surface area contributed by atoms with Crippen molar-refractivity contribution in [3.05, 3.63) is 64.4 Å². The molecule has 106 valence electrons. The first kappa shape index (κ1) is 14.8. The Morgan fingerprint density at radius 1 is 1.20 bits per heavy atom. The molecule has 0 aliphatic heterocycles. The first-order valence-electron chi connectivity index (χ1n) is 6.55. The quantitative estimate of drug-likeness (QED) is 0.912. The van der Waals surface area contributed by atoms with Crippen LogP contribution in [0.25, 0.3) is 0 Å². The van der Waals surface area contributed by atoms with Crippen LogP contribution < -0.4 is 10.6 Å². The van der Waals surface area contributed by atoms with Crippen LogP contribution in [0.4, 0.5) is 10.1 Å². The Hall–Kier alpha value is -1.58. The largest absolute Gasteiger partial charge is 0.368 e. The van der Waals surface area contributed by atoms with Crippen LogP contribution in [-0.4, -0.2) is 13.6 Å². The van der Waals surface area contributed by atoms with Gasteiger partial charge >= 0.3 is 0 Å². The minimum atomic E-state index is -0.222. The number of rotatable bonds is 5. The van der Waals surface area contributed by atoms with Crippen molar-refractivity contribution in [2.75, 3.05) is 18.5 Å². The second-order valence-corrected chi connectivity index (χ2v) is 5.21. The van der Waals surface area contributed by atoms with Crippen LogP contribution >= 0.6 is 11.6 Å². The van der Waals surface area contributed by atoms with E-state index in [9.17, 15) is 4.39 Å². The van der Waals surface area contributed by atoms with Crippen LogP contribution in [-0.2, 0) is 13.0 Å². The average Bonchev–Trinajstić information content (AvgIpc) is 2.39. The molecular formula is C16H18ClFN2. The maximum atomic E-state index is 14.1. The van der Waals surface area contributed by atoms with Gasteiger partial charge in [-0.05, 0) is 42.3 Å². The van der Waals surface area contributed by atoms with Crippen LogP contribution in [0.15, 0.2) is 42.5 Å². The maximum absolute atomic E-state index is 14.1. The summed E-state index contributed by atoms with van der Waals surface area (Å²) in [6, 6.07) is 12.7. The van der Waals surface area contributed by atoms with E-state index < -0.39 is 0 Å². The molecule has 0 saturated heterocycles. The molecule has 0 amide bonds. The van der Waals surface area contributed by atoms with Gasteiger partial charge in [0.05, 0.1) is 5.69 Å². The summed E-state index contributed by atoms with van der Waals surface area (Å²) >= 11 is 5.98. The van der Waals surface area contributed by atoms with Gasteiger partial charge in [0, 0.05) is 18.6 Å². The highest BCUT2D eigenvalue weighted by atomic mass is 35.5. The van der Waals surface area contributed by atoms with Crippen molar-refractivity contribution < 1.29 is 4.39 Å². The van der Waals surface area contributed by atoms with E-state index in [4.69, 9.17) is 17.3 Å². The first-order valence-corrected chi connectivity index (χ1v) is 6.92. The van der Waals surface area contributed by atoms with Gasteiger partial charge in [-0.3, -0.25) is 0 Å². The first-order chi connectivity index (χ1) is 9.61. The lowest BCUT2D eigenvalue weighted by Gasteiger charge is -2.23. The summed E-state index contributed by atoms with van der Waals surface area (Å²) < 4.78 is 14.1. The van der Waals surface area contributed by atoms with Crippen molar-refractivity contribution in [2.24, 2.45) is 5.73 Å². The Morgan fingerprint density at radius 3 is 2.65 bits per heavy atom. The van der Waals surface area contributed by atoms with E-state index in [1.165, 1.54) is 6.07 Å². The monoisotopic (exact) mass is 292 g/mol. The molecule has 0 bridgehead atoms. The summed E-state index contributed by atoms with van der Waals surface area (Å²) in [6.45, 7) is 1.10. The van der Waals surface area contributed by atoms with Crippen molar-refractivity contribution in [3.8, 4) is 0 Å². The van der Waals surface area contributed by atoms with Crippen LogP contribution in [0.3, 0.4) is 0 Å². The number of halogens is 2. The molecule has 0 spiro atoms. The molecule has 20 heavy (non-hydrogen) atoms. The third-order valence-corrected chi connectivity index (χ3v) is 3.41. The minimum absolute atomic E-state index is 0.222.